The van der Waals surface area contributed by atoms with Crippen LogP contribution in [0.4, 0.5) is 21.5 Å². The van der Waals surface area contributed by atoms with Gasteiger partial charge in [0.05, 0.1) is 45.6 Å². The molecule has 4 N–H and O–H groups in total. The quantitative estimate of drug-likeness (QED) is 0.0569. The Morgan fingerprint density at radius 2 is 1.76 bits per heavy atom. The molecule has 6 aliphatic rings. The zero-order chi connectivity index (χ0) is 52.9. The molecule has 5 aromatic rings. The molecule has 0 radical (unpaired) electrons. The number of hydrogen-bond donors (Lipinski definition) is 4. The Balaban J connectivity index is 0.848. The molecule has 2 aliphatic carbocycles. The van der Waals surface area contributed by atoms with Gasteiger partial charge in [0.15, 0.2) is 17.2 Å². The molecule has 2 aromatic heterocycles. The Hall–Kier alpha value is -6.06. The van der Waals surface area contributed by atoms with Gasteiger partial charge in [-0.2, -0.15) is 4.98 Å². The topological polar surface area (TPSA) is 214 Å². The number of carbonyl (C=O) groups excluding carboxylic acids is 1. The summed E-state index contributed by atoms with van der Waals surface area (Å²) >= 11 is 0. The predicted octanol–water partition coefficient (Wildman–Crippen LogP) is 9.06. The van der Waals surface area contributed by atoms with E-state index in [1.165, 1.54) is 48.4 Å². The molecule has 11 rings (SSSR count). The summed E-state index contributed by atoms with van der Waals surface area (Å²) in [6.07, 6.45) is 10.3. The van der Waals surface area contributed by atoms with E-state index < -0.39 is 42.9 Å². The van der Waals surface area contributed by atoms with Crippen molar-refractivity contribution >= 4 is 44.0 Å². The molecule has 1 spiro atoms. The van der Waals surface area contributed by atoms with Crippen molar-refractivity contribution in [3.05, 3.63) is 99.5 Å². The Kier molecular flexibility index (Phi) is 14.4. The third-order valence-electron chi connectivity index (χ3n) is 17.2. The van der Waals surface area contributed by atoms with Crippen LogP contribution in [0.5, 0.6) is 23.1 Å². The number of nitrogens with one attached hydrogen (secondary N) is 3. The molecular weight excluding hydrogens is 996 g/mol. The molecule has 4 aliphatic heterocycles. The van der Waals surface area contributed by atoms with Gasteiger partial charge in [-0.05, 0) is 118 Å². The molecule has 0 unspecified atom stereocenters. The number of carbonyl (C=O) groups is 1. The molecule has 5 fully saturated rings. The Morgan fingerprint density at radius 1 is 1.00 bits per heavy atom. The van der Waals surface area contributed by atoms with Crippen molar-refractivity contribution in [2.45, 2.75) is 120 Å². The summed E-state index contributed by atoms with van der Waals surface area (Å²) in [5.74, 6) is -1.15. The Labute approximate surface area is 442 Å². The van der Waals surface area contributed by atoms with Crippen LogP contribution < -0.4 is 29.1 Å². The average molecular weight is 1070 g/mol. The maximum Gasteiger partial charge on any atom is 0.297 e. The highest BCUT2D eigenvalue weighted by Gasteiger charge is 2.50. The fourth-order valence-electron chi connectivity index (χ4n) is 12.8. The highest BCUT2D eigenvalue weighted by atomic mass is 32.2. The number of nitro benzene ring substituents is 1. The van der Waals surface area contributed by atoms with Crippen LogP contribution in [-0.2, 0) is 14.8 Å². The molecule has 1 amide bonds. The number of likely N-dealkylation sites (tertiary alicyclic amines) is 1. The summed E-state index contributed by atoms with van der Waals surface area (Å²) in [7, 11) is -4.78. The van der Waals surface area contributed by atoms with Crippen molar-refractivity contribution < 1.29 is 46.6 Å². The maximum atomic E-state index is 15.2. The molecule has 2 atom stereocenters. The normalized spacial score (nSPS) is 24.2. The van der Waals surface area contributed by atoms with Crippen LogP contribution in [0.3, 0.4) is 0 Å². The molecule has 3 aromatic carbocycles. The number of nitrogens with zero attached hydrogens (tertiary/aromatic N) is 5. The largest absolute Gasteiger partial charge is 0.489 e. The van der Waals surface area contributed by atoms with Crippen molar-refractivity contribution in [2.75, 3.05) is 75.9 Å². The number of piperidine rings is 1. The number of pyridine rings is 1. The van der Waals surface area contributed by atoms with E-state index in [4.69, 9.17) is 18.9 Å². The summed E-state index contributed by atoms with van der Waals surface area (Å²) in [5.41, 5.74) is 2.67. The number of nitro groups is 1. The zero-order valence-corrected chi connectivity index (χ0v) is 44.3. The van der Waals surface area contributed by atoms with Crippen molar-refractivity contribution in [3.8, 4) is 23.1 Å². The molecule has 3 saturated heterocycles. The van der Waals surface area contributed by atoms with Gasteiger partial charge in [-0.3, -0.25) is 24.7 Å². The number of ether oxygens (including phenoxy) is 4. The minimum absolute atomic E-state index is 0.00301. The van der Waals surface area contributed by atoms with Crippen molar-refractivity contribution in [1.82, 2.24) is 24.5 Å². The maximum absolute atomic E-state index is 15.2. The van der Waals surface area contributed by atoms with Gasteiger partial charge < -0.3 is 39.3 Å². The van der Waals surface area contributed by atoms with Gasteiger partial charge >= 0.3 is 0 Å². The first kappa shape index (κ1) is 52.0. The van der Waals surface area contributed by atoms with Crippen molar-refractivity contribution in [3.63, 3.8) is 0 Å². The van der Waals surface area contributed by atoms with E-state index in [1.54, 1.807) is 19.1 Å². The number of anilines is 2. The number of rotatable bonds is 15. The Bertz CT molecular complexity index is 3080. The third kappa shape index (κ3) is 10.7. The van der Waals surface area contributed by atoms with Crippen LogP contribution in [-0.4, -0.2) is 128 Å². The van der Waals surface area contributed by atoms with Crippen LogP contribution >= 0.6 is 0 Å². The summed E-state index contributed by atoms with van der Waals surface area (Å²) in [5, 5.41) is 26.4. The van der Waals surface area contributed by atoms with Crippen LogP contribution in [0.1, 0.15) is 118 Å². The fourth-order valence-corrected chi connectivity index (χ4v) is 13.8. The first-order chi connectivity index (χ1) is 36.5. The molecular formula is C56H69FN8O10S. The highest BCUT2D eigenvalue weighted by Crippen LogP contribution is 2.55. The molecule has 406 valence electrons. The molecule has 0 bridgehead atoms. The van der Waals surface area contributed by atoms with Crippen LogP contribution in [0.25, 0.3) is 11.0 Å². The second kappa shape index (κ2) is 21.1. The van der Waals surface area contributed by atoms with E-state index in [2.05, 4.69) is 72.8 Å². The minimum Gasteiger partial charge on any atom is -0.489 e. The highest BCUT2D eigenvalue weighted by molar-refractivity contribution is 7.90. The van der Waals surface area contributed by atoms with E-state index in [0.717, 1.165) is 70.2 Å². The summed E-state index contributed by atoms with van der Waals surface area (Å²) < 4.78 is 70.1. The van der Waals surface area contributed by atoms with E-state index in [0.29, 0.717) is 63.4 Å². The number of aliphatic hydroxyl groups is 1. The van der Waals surface area contributed by atoms with E-state index in [1.807, 2.05) is 0 Å². The number of morpholine rings is 1. The molecule has 18 nitrogen and oxygen atoms in total. The van der Waals surface area contributed by atoms with Crippen LogP contribution in [0.15, 0.2) is 71.8 Å². The second-order valence-corrected chi connectivity index (χ2v) is 24.2. The summed E-state index contributed by atoms with van der Waals surface area (Å²) in [4.78, 5) is 40.4. The van der Waals surface area contributed by atoms with Crippen LogP contribution in [0, 0.1) is 27.3 Å². The smallest absolute Gasteiger partial charge is 0.297 e. The molecule has 2 saturated carbocycles. The van der Waals surface area contributed by atoms with E-state index in [-0.39, 0.29) is 76.0 Å². The number of hydrogen-bond acceptors (Lipinski definition) is 15. The molecule has 6 heterocycles. The van der Waals surface area contributed by atoms with Gasteiger partial charge in [0.25, 0.3) is 27.5 Å². The fraction of sp³-hybridized carbons (Fsp3) is 0.536. The number of halogens is 1. The lowest BCUT2D eigenvalue weighted by Gasteiger charge is -2.56. The van der Waals surface area contributed by atoms with Gasteiger partial charge in [0.1, 0.15) is 30.4 Å². The van der Waals surface area contributed by atoms with Gasteiger partial charge in [-0.25, -0.2) is 17.5 Å². The van der Waals surface area contributed by atoms with Gasteiger partial charge in [0, 0.05) is 81.0 Å². The van der Waals surface area contributed by atoms with Gasteiger partial charge in [-0.1, -0.05) is 38.1 Å². The standard InChI is InChI=1S/C56H69FN8O10S/c1-35(2)40-7-4-5-8-41(40)46-9-6-18-64(46)38-31-56(32-38)16-19-63(20-17-56)37-10-11-42(48(27-37)75-50-30-43-44(57)33-58-52(43)60-54(50)73-26-23-62-21-24-72-25-22-62)53(66)61-76(70,71)39-28-47(65(68)69)51-49(29-39)74-34-45(59-51)36-12-14-55(3,67)15-13-36/h4-5,7-8,10-11,27-30,33,35-36,38,45-46,59,67H,6,9,12-26,31-32,34H2,1-3H3,(H,58,60)(H,61,66)/t36-,45-,46-,55-/m1/s1. The second-order valence-electron chi connectivity index (χ2n) is 22.5. The number of amides is 1. The lowest BCUT2D eigenvalue weighted by Crippen LogP contribution is -2.54. The number of aromatic nitrogens is 2. The molecule has 76 heavy (non-hydrogen) atoms. The zero-order valence-electron chi connectivity index (χ0n) is 43.5. The lowest BCUT2D eigenvalue weighted by atomic mass is 9.59. The van der Waals surface area contributed by atoms with Crippen molar-refractivity contribution in [1.29, 1.82) is 0 Å². The number of sulfonamides is 1. The Morgan fingerprint density at radius 3 is 2.51 bits per heavy atom. The van der Waals surface area contributed by atoms with E-state index >= 15 is 4.39 Å². The number of fused-ring (bicyclic) bond motifs is 2. The monoisotopic (exact) mass is 1060 g/mol. The number of benzene rings is 3. The number of H-pyrrole nitrogens is 1. The van der Waals surface area contributed by atoms with Crippen molar-refractivity contribution in [2.24, 2.45) is 11.3 Å². The van der Waals surface area contributed by atoms with Crippen LogP contribution in [0.2, 0.25) is 0 Å². The summed E-state index contributed by atoms with van der Waals surface area (Å²) in [6.45, 7) is 12.5. The van der Waals surface area contributed by atoms with Gasteiger partial charge in [0.2, 0.25) is 0 Å². The summed E-state index contributed by atoms with van der Waals surface area (Å²) in [6, 6.07) is 18.1. The van der Waals surface area contributed by atoms with Gasteiger partial charge in [-0.15, -0.1) is 0 Å². The first-order valence-electron chi connectivity index (χ1n) is 27.1. The molecule has 20 heteroatoms. The SMILES string of the molecule is CC(C)c1ccccc1[C@H]1CCCN1C1CC2(CCN(c3ccc(C(=O)NS(=O)(=O)c4cc5c(c([N+](=O)[O-])c4)N[C@@H]([C@H]4CC[C@](C)(O)CC4)CO5)c(Oc4cc5c(F)c[nH]c5nc4OCCN4CCOCC4)c3)CC2)C1. The number of aromatic amines is 1. The third-order valence-corrected chi connectivity index (χ3v) is 18.5. The lowest BCUT2D eigenvalue weighted by molar-refractivity contribution is -0.384. The average Bonchev–Trinajstić information content (AvgIpc) is 4.07. The predicted molar refractivity (Wildman–Crippen MR) is 285 cm³/mol. The minimum atomic E-state index is -4.78. The van der Waals surface area contributed by atoms with E-state index in [9.17, 15) is 28.4 Å². The first-order valence-corrected chi connectivity index (χ1v) is 28.5.